The Hall–Kier alpha value is 1.66. The van der Waals surface area contributed by atoms with E-state index >= 15 is 0 Å². The molecule has 0 bridgehead atoms. The van der Waals surface area contributed by atoms with Crippen molar-refractivity contribution in [1.29, 1.82) is 0 Å². The van der Waals surface area contributed by atoms with E-state index < -0.39 is 26.0 Å². The second kappa shape index (κ2) is 9.57. The van der Waals surface area contributed by atoms with Gasteiger partial charge in [-0.15, -0.1) is 0 Å². The molecule has 16 heavy (non-hydrogen) atoms. The number of rotatable bonds is 2. The number of hydrogen-bond acceptors (Lipinski definition) is 5. The predicted molar refractivity (Wildman–Crippen MR) is 56.4 cm³/mol. The van der Waals surface area contributed by atoms with Gasteiger partial charge in [-0.3, -0.25) is 9.11 Å². The molecule has 0 aromatic carbocycles. The zero-order chi connectivity index (χ0) is 12.2. The summed E-state index contributed by atoms with van der Waals surface area (Å²) in [6.07, 6.45) is 0. The summed E-state index contributed by atoms with van der Waals surface area (Å²) in [5.74, 6) is 0. The van der Waals surface area contributed by atoms with E-state index in [1.54, 1.807) is 0 Å². The summed E-state index contributed by atoms with van der Waals surface area (Å²) < 4.78 is 53.8. The molecule has 0 spiro atoms. The van der Waals surface area contributed by atoms with Crippen molar-refractivity contribution >= 4 is 73.0 Å². The molecule has 0 aliphatic rings. The molecule has 0 fully saturated rings. The van der Waals surface area contributed by atoms with Gasteiger partial charge in [-0.1, -0.05) is 0 Å². The molecule has 0 saturated heterocycles. The van der Waals surface area contributed by atoms with Gasteiger partial charge in [-0.05, 0) is 0 Å². The molecule has 0 aliphatic carbocycles. The number of phosphoric acid groups is 2. The molecule has 16 heteroatoms. The third kappa shape index (κ3) is 57.4. The Morgan fingerprint density at radius 3 is 1.00 bits per heavy atom. The van der Waals surface area contributed by atoms with Gasteiger partial charge in [0.05, 0.1) is 0 Å². The van der Waals surface area contributed by atoms with Gasteiger partial charge in [0.15, 0.2) is 17.4 Å². The van der Waals surface area contributed by atoms with Gasteiger partial charge >= 0.3 is 55.6 Å². The van der Waals surface area contributed by atoms with Crippen LogP contribution in [0.25, 0.3) is 0 Å². The molecule has 0 aromatic heterocycles. The van der Waals surface area contributed by atoms with E-state index in [-0.39, 0.29) is 46.9 Å². The van der Waals surface area contributed by atoms with Gasteiger partial charge in [0, 0.05) is 0 Å². The molecule has 0 saturated carbocycles. The first-order valence-corrected chi connectivity index (χ1v) is 6.69. The SMILES string of the molecule is O=P(O)(O)OP(=O)(O)O.O=S(=O)(O)O.[AlH3].[NaH]. The molecule has 0 unspecified atom stereocenters. The minimum absolute atomic E-state index is 0. The van der Waals surface area contributed by atoms with Crippen LogP contribution in [-0.4, -0.2) is 84.0 Å². The van der Waals surface area contributed by atoms with Gasteiger partial charge in [0.2, 0.25) is 0 Å². The molecule has 0 atom stereocenters. The van der Waals surface area contributed by atoms with Gasteiger partial charge < -0.3 is 19.6 Å². The summed E-state index contributed by atoms with van der Waals surface area (Å²) in [5, 5.41) is 0. The zero-order valence-corrected chi connectivity index (χ0v) is 8.63. The fraction of sp³-hybridized carbons (Fsp3) is 0. The zero-order valence-electron chi connectivity index (χ0n) is 6.03. The number of hydrogen-bond donors (Lipinski definition) is 6. The van der Waals surface area contributed by atoms with E-state index in [1.165, 1.54) is 0 Å². The Balaban J connectivity index is -0.0000000904. The molecule has 0 amide bonds. The van der Waals surface area contributed by atoms with Crippen LogP contribution in [0, 0.1) is 0 Å². The predicted octanol–water partition coefficient (Wildman–Crippen LogP) is -3.30. The van der Waals surface area contributed by atoms with Crippen LogP contribution >= 0.6 is 15.6 Å². The van der Waals surface area contributed by atoms with Crippen molar-refractivity contribution in [3.05, 3.63) is 0 Å². The molecule has 0 rings (SSSR count). The fourth-order valence-corrected chi connectivity index (χ4v) is 1.25. The van der Waals surface area contributed by atoms with Crippen LogP contribution in [-0.2, 0) is 23.8 Å². The Kier molecular flexibility index (Phi) is 15.7. The van der Waals surface area contributed by atoms with Gasteiger partial charge in [0.1, 0.15) is 0 Å². The maximum absolute atomic E-state index is 9.63. The van der Waals surface area contributed by atoms with Crippen molar-refractivity contribution in [3.8, 4) is 0 Å². The van der Waals surface area contributed by atoms with Gasteiger partial charge in [-0.25, -0.2) is 9.13 Å². The van der Waals surface area contributed by atoms with Crippen molar-refractivity contribution in [2.75, 3.05) is 0 Å². The maximum atomic E-state index is 9.63. The van der Waals surface area contributed by atoms with Crippen molar-refractivity contribution in [2.24, 2.45) is 0 Å². The summed E-state index contributed by atoms with van der Waals surface area (Å²) in [7, 11) is -14.8. The van der Waals surface area contributed by atoms with E-state index in [0.717, 1.165) is 0 Å². The first-order valence-electron chi connectivity index (χ1n) is 2.23. The van der Waals surface area contributed by atoms with Crippen LogP contribution in [0.3, 0.4) is 0 Å². The molecule has 6 N–H and O–H groups in total. The third-order valence-corrected chi connectivity index (χ3v) is 1.91. The van der Waals surface area contributed by atoms with Crippen LogP contribution < -0.4 is 0 Å². The van der Waals surface area contributed by atoms with Crippen molar-refractivity contribution < 1.29 is 50.5 Å². The molecule has 0 aromatic rings. The van der Waals surface area contributed by atoms with Crippen LogP contribution in [0.5, 0.6) is 0 Å². The van der Waals surface area contributed by atoms with Crippen LogP contribution in [0.15, 0.2) is 0 Å². The quantitative estimate of drug-likeness (QED) is 0.168. The van der Waals surface area contributed by atoms with Crippen LogP contribution in [0.2, 0.25) is 0 Å². The average Bonchev–Trinajstić information content (AvgIpc) is 1.42. The molecule has 96 valence electrons. The topological polar surface area (TPSA) is 199 Å². The van der Waals surface area contributed by atoms with E-state index in [9.17, 15) is 9.13 Å². The van der Waals surface area contributed by atoms with E-state index in [0.29, 0.717) is 0 Å². The first-order chi connectivity index (χ1) is 5.71. The summed E-state index contributed by atoms with van der Waals surface area (Å²) >= 11 is 0. The second-order valence-corrected chi connectivity index (χ2v) is 5.02. The summed E-state index contributed by atoms with van der Waals surface area (Å²) in [4.78, 5) is 31.0. The monoisotopic (exact) mass is 330 g/mol. The summed E-state index contributed by atoms with van der Waals surface area (Å²) in [6, 6.07) is 0. The van der Waals surface area contributed by atoms with E-state index in [1.807, 2.05) is 0 Å². The first kappa shape index (κ1) is 26.3. The molecule has 0 aliphatic heterocycles. The van der Waals surface area contributed by atoms with Gasteiger partial charge in [0.25, 0.3) is 0 Å². The van der Waals surface area contributed by atoms with Gasteiger partial charge in [-0.2, -0.15) is 12.7 Å². The fourth-order valence-electron chi connectivity index (χ4n) is 0.139. The van der Waals surface area contributed by atoms with Crippen molar-refractivity contribution in [1.82, 2.24) is 0 Å². The molecule has 0 radical (unpaired) electrons. The average molecular weight is 330 g/mol. The van der Waals surface area contributed by atoms with Crippen molar-refractivity contribution in [2.45, 2.75) is 0 Å². The van der Waals surface area contributed by atoms with Crippen LogP contribution in [0.1, 0.15) is 0 Å². The third-order valence-electron chi connectivity index (χ3n) is 0.213. The summed E-state index contributed by atoms with van der Waals surface area (Å²) in [5.41, 5.74) is 0. The van der Waals surface area contributed by atoms with Crippen LogP contribution in [0.4, 0.5) is 0 Å². The minimum atomic E-state index is -5.05. The van der Waals surface area contributed by atoms with E-state index in [2.05, 4.69) is 4.31 Å². The molecular weight excluding hydrogens is 320 g/mol. The Bertz CT molecular complexity index is 318. The second-order valence-electron chi connectivity index (χ2n) is 1.51. The normalized spacial score (nSPS) is 11.4. The Labute approximate surface area is 123 Å². The Morgan fingerprint density at radius 2 is 1.00 bits per heavy atom. The molecule has 11 nitrogen and oxygen atoms in total. The molecular formula is H10AlNaO11P2S. The Morgan fingerprint density at radius 1 is 0.875 bits per heavy atom. The van der Waals surface area contributed by atoms with Crippen molar-refractivity contribution in [3.63, 3.8) is 0 Å². The standard InChI is InChI=1S/Al.Na.H4O7P2.H2O4S.4H/c;;1-8(2,3)7-9(4,5)6;1-5(2,3)4;;;;/h;;(H2,1,2,3)(H2,4,5,6);(H2,1,2,3,4);;;;. The summed E-state index contributed by atoms with van der Waals surface area (Å²) in [6.45, 7) is 0. The van der Waals surface area contributed by atoms with E-state index in [4.69, 9.17) is 37.1 Å². The molecule has 0 heterocycles.